The summed E-state index contributed by atoms with van der Waals surface area (Å²) in [4.78, 5) is 19.6. The molecule has 2 atom stereocenters. The van der Waals surface area contributed by atoms with Gasteiger partial charge in [-0.1, -0.05) is 85.8 Å². The smallest absolute Gasteiger partial charge is 0.224 e. The monoisotopic (exact) mass is 646 g/mol. The highest BCUT2D eigenvalue weighted by molar-refractivity contribution is 5.78. The number of aromatic hydroxyl groups is 1. The van der Waals surface area contributed by atoms with E-state index in [1.165, 1.54) is 0 Å². The Hall–Kier alpha value is -4.72. The van der Waals surface area contributed by atoms with Gasteiger partial charge >= 0.3 is 0 Å². The molecule has 0 aliphatic rings. The molecular formula is C41H50N4O3. The molecule has 4 N–H and O–H groups in total. The summed E-state index contributed by atoms with van der Waals surface area (Å²) in [5, 5.41) is 27.2. The van der Waals surface area contributed by atoms with Crippen LogP contribution >= 0.6 is 0 Å². The average molecular weight is 647 g/mol. The van der Waals surface area contributed by atoms with E-state index in [-0.39, 0.29) is 17.2 Å². The van der Waals surface area contributed by atoms with Crippen LogP contribution < -0.4 is 15.5 Å². The van der Waals surface area contributed by atoms with E-state index in [9.17, 15) is 15.0 Å². The summed E-state index contributed by atoms with van der Waals surface area (Å²) in [5.74, 6) is 1.07. The number of nitrogens with zero attached hydrogens (tertiary/aromatic N) is 2. The highest BCUT2D eigenvalue weighted by Crippen LogP contribution is 2.24. The first-order chi connectivity index (χ1) is 23.1. The lowest BCUT2D eigenvalue weighted by Crippen LogP contribution is -2.45. The van der Waals surface area contributed by atoms with Gasteiger partial charge in [-0.25, -0.2) is 4.98 Å². The minimum atomic E-state index is -0.691. The number of phenolic OH excluding ortho intramolecular Hbond substituents is 1. The summed E-state index contributed by atoms with van der Waals surface area (Å²) in [6.07, 6.45) is 7.81. The molecule has 0 aliphatic heterocycles. The number of pyridine rings is 1. The van der Waals surface area contributed by atoms with Crippen LogP contribution in [0.4, 0.5) is 5.82 Å². The Morgan fingerprint density at radius 3 is 2.29 bits per heavy atom. The first-order valence-electron chi connectivity index (χ1n) is 16.8. The number of β-amino-alcohol motifs (C(OH)–C–C–N with tert-alkyl or cyclic N) is 1. The van der Waals surface area contributed by atoms with Crippen LogP contribution in [0.25, 0.3) is 11.1 Å². The van der Waals surface area contributed by atoms with Crippen molar-refractivity contribution in [2.75, 3.05) is 18.0 Å². The Bertz CT molecular complexity index is 1650. The van der Waals surface area contributed by atoms with Gasteiger partial charge in [0.25, 0.3) is 0 Å². The first-order valence-corrected chi connectivity index (χ1v) is 16.8. The number of benzene rings is 3. The molecule has 1 aromatic heterocycles. The Morgan fingerprint density at radius 2 is 1.67 bits per heavy atom. The number of aliphatic hydroxyl groups is 1. The fourth-order valence-corrected chi connectivity index (χ4v) is 5.70. The van der Waals surface area contributed by atoms with E-state index < -0.39 is 6.10 Å². The minimum absolute atomic E-state index is 0.0288. The van der Waals surface area contributed by atoms with E-state index in [1.54, 1.807) is 18.3 Å². The second kappa shape index (κ2) is 17.4. The van der Waals surface area contributed by atoms with Gasteiger partial charge in [0.1, 0.15) is 11.6 Å². The molecule has 7 nitrogen and oxygen atoms in total. The molecule has 0 fully saturated rings. The molecule has 0 radical (unpaired) electrons. The molecule has 4 aromatic rings. The van der Waals surface area contributed by atoms with Crippen molar-refractivity contribution in [2.45, 2.75) is 71.6 Å². The van der Waals surface area contributed by atoms with E-state index in [4.69, 9.17) is 0 Å². The minimum Gasteiger partial charge on any atom is -0.508 e. The van der Waals surface area contributed by atoms with Crippen molar-refractivity contribution in [3.8, 4) is 16.9 Å². The third-order valence-electron chi connectivity index (χ3n) is 8.85. The van der Waals surface area contributed by atoms with Crippen molar-refractivity contribution in [2.24, 2.45) is 0 Å². The summed E-state index contributed by atoms with van der Waals surface area (Å²) in [6.45, 7) is 13.9. The summed E-state index contributed by atoms with van der Waals surface area (Å²) in [6, 6.07) is 27.3. The summed E-state index contributed by atoms with van der Waals surface area (Å²) in [5.41, 5.74) is 6.86. The number of phenols is 1. The number of anilines is 1. The topological polar surface area (TPSA) is 97.7 Å². The number of carbonyl (C=O) groups is 1. The highest BCUT2D eigenvalue weighted by Gasteiger charge is 2.24. The number of carbonyl (C=O) groups excluding carboxylic acids is 1. The Labute approximate surface area is 286 Å². The lowest BCUT2D eigenvalue weighted by atomic mass is 9.89. The van der Waals surface area contributed by atoms with Gasteiger partial charge in [-0.2, -0.15) is 0 Å². The molecule has 48 heavy (non-hydrogen) atoms. The number of allylic oxidation sites excluding steroid dienone is 3. The van der Waals surface area contributed by atoms with Gasteiger partial charge in [0, 0.05) is 42.6 Å². The maximum Gasteiger partial charge on any atom is 0.224 e. The molecule has 7 heteroatoms. The molecule has 252 valence electrons. The number of hydrogen-bond donors (Lipinski definition) is 4. The first kappa shape index (κ1) is 36.1. The summed E-state index contributed by atoms with van der Waals surface area (Å²) >= 11 is 0. The number of hydrogen-bond acceptors (Lipinski definition) is 6. The van der Waals surface area contributed by atoms with Crippen molar-refractivity contribution >= 4 is 11.7 Å². The Morgan fingerprint density at radius 1 is 0.979 bits per heavy atom. The fourth-order valence-electron chi connectivity index (χ4n) is 5.70. The molecule has 3 aromatic carbocycles. The predicted octanol–water partition coefficient (Wildman–Crippen LogP) is 7.65. The number of nitrogens with one attached hydrogen (secondary N) is 2. The number of aromatic nitrogens is 1. The Balaban J connectivity index is 1.28. The fraction of sp³-hybridized carbons (Fsp3) is 0.317. The van der Waals surface area contributed by atoms with Gasteiger partial charge in [-0.05, 0) is 86.1 Å². The van der Waals surface area contributed by atoms with Gasteiger partial charge in [0.2, 0.25) is 5.91 Å². The lowest BCUT2D eigenvalue weighted by molar-refractivity contribution is -0.120. The van der Waals surface area contributed by atoms with Crippen molar-refractivity contribution in [3.05, 3.63) is 138 Å². The molecule has 0 saturated heterocycles. The van der Waals surface area contributed by atoms with Crippen LogP contribution in [0.5, 0.6) is 5.75 Å². The predicted molar refractivity (Wildman–Crippen MR) is 197 cm³/mol. The zero-order valence-corrected chi connectivity index (χ0v) is 28.7. The molecule has 0 spiro atoms. The zero-order chi connectivity index (χ0) is 34.5. The van der Waals surface area contributed by atoms with Crippen molar-refractivity contribution in [1.82, 2.24) is 15.6 Å². The van der Waals surface area contributed by atoms with Crippen LogP contribution in [0.1, 0.15) is 68.9 Å². The van der Waals surface area contributed by atoms with Crippen LogP contribution in [-0.2, 0) is 24.2 Å². The molecule has 1 heterocycles. The van der Waals surface area contributed by atoms with Crippen LogP contribution in [0, 0.1) is 0 Å². The van der Waals surface area contributed by atoms with Gasteiger partial charge in [0.15, 0.2) is 0 Å². The number of amides is 1. The van der Waals surface area contributed by atoms with Crippen LogP contribution in [0.3, 0.4) is 0 Å². The second-order valence-corrected chi connectivity index (χ2v) is 12.6. The molecule has 1 amide bonds. The van der Waals surface area contributed by atoms with E-state index in [0.29, 0.717) is 19.5 Å². The van der Waals surface area contributed by atoms with Crippen LogP contribution in [0.2, 0.25) is 0 Å². The lowest BCUT2D eigenvalue weighted by Gasteiger charge is -2.31. The standard InChI is InChI=1S/C41H50N4O3/c1-6-9-11-30(4)45(8-3)39-23-20-36(28-42-39)38(47)29-44-41(5,7-2)26-33-13-10-12-32(24-33)25-40(48)43-27-31-14-16-34(17-15-31)35-18-21-37(46)22-19-35/h6,10-24,28,38,44,46-47H,1,7-9,25-27,29H2,2-5H3,(H,43,48)/b30-11-/t38?,41-/m1/s1. The SMILES string of the molecule is C=CC/C=C(/C)N(CC)c1ccc(C(O)CN[C@](C)(CC)Cc2cccc(CC(=O)NCc3ccc(-c4ccc(O)cc4)cc3)c2)cn1. The molecular weight excluding hydrogens is 596 g/mol. The van der Waals surface area contributed by atoms with Crippen molar-refractivity contribution in [3.63, 3.8) is 0 Å². The Kier molecular flexibility index (Phi) is 13.1. The van der Waals surface area contributed by atoms with E-state index in [2.05, 4.69) is 73.0 Å². The number of rotatable bonds is 17. The molecule has 0 saturated carbocycles. The quantitative estimate of drug-likeness (QED) is 0.0880. The third-order valence-corrected chi connectivity index (χ3v) is 8.85. The van der Waals surface area contributed by atoms with Gasteiger partial charge < -0.3 is 25.7 Å². The third kappa shape index (κ3) is 10.4. The summed E-state index contributed by atoms with van der Waals surface area (Å²) in [7, 11) is 0. The largest absolute Gasteiger partial charge is 0.508 e. The van der Waals surface area contributed by atoms with E-state index in [0.717, 1.165) is 70.7 Å². The van der Waals surface area contributed by atoms with Gasteiger partial charge in [0.05, 0.1) is 12.5 Å². The zero-order valence-electron chi connectivity index (χ0n) is 28.7. The maximum absolute atomic E-state index is 12.8. The molecule has 0 aliphatic carbocycles. The number of aliphatic hydroxyl groups excluding tert-OH is 1. The normalized spacial score (nSPS) is 13.4. The second-order valence-electron chi connectivity index (χ2n) is 12.6. The highest BCUT2D eigenvalue weighted by atomic mass is 16.3. The maximum atomic E-state index is 12.8. The van der Waals surface area contributed by atoms with Crippen molar-refractivity contribution in [1.29, 1.82) is 0 Å². The molecule has 0 bridgehead atoms. The van der Waals surface area contributed by atoms with E-state index >= 15 is 0 Å². The molecule has 4 rings (SSSR count). The van der Waals surface area contributed by atoms with Crippen LogP contribution in [0.15, 0.2) is 116 Å². The summed E-state index contributed by atoms with van der Waals surface area (Å²) < 4.78 is 0. The average Bonchev–Trinajstić information content (AvgIpc) is 3.10. The van der Waals surface area contributed by atoms with Gasteiger partial charge in [-0.3, -0.25) is 4.79 Å². The van der Waals surface area contributed by atoms with Crippen LogP contribution in [-0.4, -0.2) is 39.7 Å². The molecule has 1 unspecified atom stereocenters. The van der Waals surface area contributed by atoms with E-state index in [1.807, 2.05) is 66.7 Å². The van der Waals surface area contributed by atoms with Gasteiger partial charge in [-0.15, -0.1) is 6.58 Å². The van der Waals surface area contributed by atoms with Crippen molar-refractivity contribution < 1.29 is 15.0 Å².